The highest BCUT2D eigenvalue weighted by Crippen LogP contribution is 2.48. The van der Waals surface area contributed by atoms with Crippen LogP contribution in [0.3, 0.4) is 0 Å². The molecule has 1 aliphatic carbocycles. The fourth-order valence-corrected chi connectivity index (χ4v) is 6.70. The van der Waals surface area contributed by atoms with Crippen LogP contribution in [0.4, 0.5) is 30.7 Å². The Kier molecular flexibility index (Phi) is 10.0. The lowest BCUT2D eigenvalue weighted by Crippen LogP contribution is -2.49. The molecule has 3 aromatic rings. The van der Waals surface area contributed by atoms with E-state index in [0.29, 0.717) is 24.3 Å². The van der Waals surface area contributed by atoms with Crippen molar-refractivity contribution in [3.05, 3.63) is 94.8 Å². The van der Waals surface area contributed by atoms with Crippen LogP contribution in [0.1, 0.15) is 80.0 Å². The van der Waals surface area contributed by atoms with Crippen molar-refractivity contribution in [2.75, 3.05) is 13.1 Å². The molecule has 0 spiro atoms. The fraction of sp³-hybridized carbons (Fsp3) is 0.429. The maximum atomic E-state index is 14.1. The molecule has 1 saturated carbocycles. The van der Waals surface area contributed by atoms with E-state index in [0.717, 1.165) is 31.5 Å². The minimum atomic E-state index is -5.36. The number of hydrogen-bond acceptors (Lipinski definition) is 5. The molecule has 0 N–H and O–H groups in total. The first-order valence-corrected chi connectivity index (χ1v) is 15.5. The van der Waals surface area contributed by atoms with Crippen LogP contribution in [0.2, 0.25) is 0 Å². The second kappa shape index (κ2) is 13.7. The number of alkyl halides is 6. The Morgan fingerprint density at radius 1 is 0.830 bits per heavy atom. The summed E-state index contributed by atoms with van der Waals surface area (Å²) in [5, 5.41) is 0. The zero-order valence-electron chi connectivity index (χ0n) is 25.6. The summed E-state index contributed by atoms with van der Waals surface area (Å²) in [5.74, 6) is -4.59. The van der Waals surface area contributed by atoms with E-state index < -0.39 is 52.3 Å². The number of halogens is 7. The number of esters is 2. The molecule has 0 unspecified atom stereocenters. The molecule has 2 aliphatic rings. The zero-order valence-corrected chi connectivity index (χ0v) is 25.6. The predicted molar refractivity (Wildman–Crippen MR) is 158 cm³/mol. The van der Waals surface area contributed by atoms with Gasteiger partial charge in [-0.15, -0.1) is 0 Å². The van der Waals surface area contributed by atoms with Crippen LogP contribution in [-0.2, 0) is 27.4 Å². The molecular formula is C35H34F7NO4. The first kappa shape index (κ1) is 34.4. The fourth-order valence-electron chi connectivity index (χ4n) is 6.70. The Balaban J connectivity index is 1.41. The predicted octanol–water partition coefficient (Wildman–Crippen LogP) is 8.84. The summed E-state index contributed by atoms with van der Waals surface area (Å²) in [6, 6.07) is 15.2. The van der Waals surface area contributed by atoms with Gasteiger partial charge in [-0.05, 0) is 92.9 Å². The Morgan fingerprint density at radius 3 is 2.00 bits per heavy atom. The van der Waals surface area contributed by atoms with E-state index in [-0.39, 0.29) is 43.3 Å². The average Bonchev–Trinajstić information content (AvgIpc) is 3.05. The van der Waals surface area contributed by atoms with E-state index in [2.05, 4.69) is 4.90 Å². The topological polar surface area (TPSA) is 55.8 Å². The summed E-state index contributed by atoms with van der Waals surface area (Å²) in [6.07, 6.45) is -7.70. The molecule has 0 atom stereocenters. The van der Waals surface area contributed by atoms with Crippen molar-refractivity contribution < 1.29 is 49.8 Å². The van der Waals surface area contributed by atoms with Crippen LogP contribution in [0, 0.1) is 5.82 Å². The third-order valence-electron chi connectivity index (χ3n) is 9.31. The largest absolute Gasteiger partial charge is 0.422 e. The van der Waals surface area contributed by atoms with E-state index in [9.17, 15) is 40.3 Å². The van der Waals surface area contributed by atoms with Crippen LogP contribution in [0.5, 0.6) is 11.5 Å². The maximum Gasteiger partial charge on any atom is 0.420 e. The molecule has 0 aromatic heterocycles. The van der Waals surface area contributed by atoms with Crippen molar-refractivity contribution in [1.82, 2.24) is 4.90 Å². The van der Waals surface area contributed by atoms with Gasteiger partial charge < -0.3 is 14.4 Å². The smallest absolute Gasteiger partial charge is 0.420 e. The monoisotopic (exact) mass is 665 g/mol. The summed E-state index contributed by atoms with van der Waals surface area (Å²) >= 11 is 0. The molecule has 3 aromatic carbocycles. The van der Waals surface area contributed by atoms with Crippen molar-refractivity contribution in [1.29, 1.82) is 0 Å². The molecule has 2 fully saturated rings. The Hall–Kier alpha value is -3.93. The van der Waals surface area contributed by atoms with Crippen molar-refractivity contribution >= 4 is 11.9 Å². The number of ether oxygens (including phenoxy) is 2. The number of carbonyl (C=O) groups is 2. The standard InChI is InChI=1S/C35H34F7NO4/c1-2-30(44)47-31-28(35(40,41)42)20-25(34(37,38)39)21-29(31)46-32(45)33(24-6-4-3-5-7-24)16-12-27(13-17-33)43-18-14-23(15-19-43)22-8-10-26(36)11-9-22/h3-11,20-21,23,27H,2,12-19H2,1H3. The molecule has 5 rings (SSSR count). The van der Waals surface area contributed by atoms with Gasteiger partial charge in [0.2, 0.25) is 0 Å². The second-order valence-electron chi connectivity index (χ2n) is 12.1. The molecule has 1 saturated heterocycles. The number of hydrogen-bond donors (Lipinski definition) is 0. The number of nitrogens with zero attached hydrogens (tertiary/aromatic N) is 1. The van der Waals surface area contributed by atoms with Crippen LogP contribution in [0.15, 0.2) is 66.7 Å². The van der Waals surface area contributed by atoms with Gasteiger partial charge in [-0.1, -0.05) is 49.4 Å². The summed E-state index contributed by atoms with van der Waals surface area (Å²) < 4.78 is 107. The van der Waals surface area contributed by atoms with E-state index in [1.807, 2.05) is 0 Å². The van der Waals surface area contributed by atoms with Gasteiger partial charge in [0.1, 0.15) is 11.4 Å². The van der Waals surface area contributed by atoms with Crippen LogP contribution in [0.25, 0.3) is 0 Å². The Labute approximate surface area is 267 Å². The lowest BCUT2D eigenvalue weighted by Gasteiger charge is -2.44. The number of piperidine rings is 1. The average molecular weight is 666 g/mol. The van der Waals surface area contributed by atoms with Crippen molar-refractivity contribution in [2.45, 2.75) is 81.6 Å². The number of benzene rings is 3. The minimum Gasteiger partial charge on any atom is -0.422 e. The molecule has 47 heavy (non-hydrogen) atoms. The van der Waals surface area contributed by atoms with Crippen LogP contribution >= 0.6 is 0 Å². The minimum absolute atomic E-state index is 0.0975. The Bertz CT molecular complexity index is 1560. The molecule has 0 bridgehead atoms. The van der Waals surface area contributed by atoms with Gasteiger partial charge in [-0.3, -0.25) is 9.59 Å². The van der Waals surface area contributed by atoms with Gasteiger partial charge in [0.05, 0.1) is 11.0 Å². The molecule has 1 heterocycles. The van der Waals surface area contributed by atoms with Gasteiger partial charge in [-0.25, -0.2) is 4.39 Å². The summed E-state index contributed by atoms with van der Waals surface area (Å²) in [5.41, 5.74) is -3.35. The number of likely N-dealkylation sites (tertiary alicyclic amines) is 1. The maximum absolute atomic E-state index is 14.1. The summed E-state index contributed by atoms with van der Waals surface area (Å²) in [4.78, 5) is 28.5. The first-order valence-electron chi connectivity index (χ1n) is 15.5. The SMILES string of the molecule is CCC(=O)Oc1c(OC(=O)C2(c3ccccc3)CCC(N3CCC(c4ccc(F)cc4)CC3)CC2)cc(C(F)(F)F)cc1C(F)(F)F. The number of carbonyl (C=O) groups excluding carboxylic acids is 2. The molecule has 5 nitrogen and oxygen atoms in total. The van der Waals surface area contributed by atoms with Crippen LogP contribution in [-0.4, -0.2) is 36.0 Å². The van der Waals surface area contributed by atoms with Crippen molar-refractivity contribution in [2.24, 2.45) is 0 Å². The third kappa shape index (κ3) is 7.63. The lowest BCUT2D eigenvalue weighted by molar-refractivity contribution is -0.149. The molecule has 1 aliphatic heterocycles. The highest BCUT2D eigenvalue weighted by molar-refractivity contribution is 5.86. The van der Waals surface area contributed by atoms with Gasteiger partial charge >= 0.3 is 24.3 Å². The Morgan fingerprint density at radius 2 is 1.45 bits per heavy atom. The summed E-state index contributed by atoms with van der Waals surface area (Å²) in [7, 11) is 0. The van der Waals surface area contributed by atoms with E-state index in [1.165, 1.54) is 19.1 Å². The second-order valence-corrected chi connectivity index (χ2v) is 12.1. The first-order chi connectivity index (χ1) is 22.2. The molecule has 0 amide bonds. The highest BCUT2D eigenvalue weighted by Gasteiger charge is 2.48. The van der Waals surface area contributed by atoms with Crippen molar-refractivity contribution in [3.8, 4) is 11.5 Å². The normalized spacial score (nSPS) is 21.3. The number of rotatable bonds is 7. The molecular weight excluding hydrogens is 631 g/mol. The van der Waals surface area contributed by atoms with Gasteiger partial charge in [0.25, 0.3) is 0 Å². The highest BCUT2D eigenvalue weighted by atomic mass is 19.4. The molecule has 0 radical (unpaired) electrons. The zero-order chi connectivity index (χ0) is 34.0. The van der Waals surface area contributed by atoms with Crippen molar-refractivity contribution in [3.63, 3.8) is 0 Å². The van der Waals surface area contributed by atoms with E-state index in [1.54, 1.807) is 42.5 Å². The van der Waals surface area contributed by atoms with Gasteiger partial charge in [-0.2, -0.15) is 26.3 Å². The van der Waals surface area contributed by atoms with E-state index in [4.69, 9.17) is 9.47 Å². The van der Waals surface area contributed by atoms with Gasteiger partial charge in [0.15, 0.2) is 11.5 Å². The van der Waals surface area contributed by atoms with Gasteiger partial charge in [0, 0.05) is 12.5 Å². The molecule has 252 valence electrons. The van der Waals surface area contributed by atoms with Crippen LogP contribution < -0.4 is 9.47 Å². The quantitative estimate of drug-likeness (QED) is 0.143. The van der Waals surface area contributed by atoms with E-state index >= 15 is 0 Å². The summed E-state index contributed by atoms with van der Waals surface area (Å²) in [6.45, 7) is 2.87. The lowest BCUT2D eigenvalue weighted by atomic mass is 9.67. The molecule has 12 heteroatoms. The third-order valence-corrected chi connectivity index (χ3v) is 9.31.